The summed E-state index contributed by atoms with van der Waals surface area (Å²) in [4.78, 5) is 33.4. The van der Waals surface area contributed by atoms with Gasteiger partial charge in [-0.2, -0.15) is 0 Å². The van der Waals surface area contributed by atoms with Crippen LogP contribution in [0.2, 0.25) is 0 Å². The highest BCUT2D eigenvalue weighted by atomic mass is 16.5. The molecule has 4 aliphatic rings. The number of urea groups is 1. The number of nitrogens with one attached hydrogen (secondary N) is 1. The molecule has 5 unspecified atom stereocenters. The molecule has 3 fully saturated rings. The normalized spacial score (nSPS) is 37.8. The van der Waals surface area contributed by atoms with E-state index in [0.717, 1.165) is 38.1 Å². The van der Waals surface area contributed by atoms with Crippen LogP contribution in [0.1, 0.15) is 39.5 Å². The zero-order valence-electron chi connectivity index (χ0n) is 14.4. The Morgan fingerprint density at radius 1 is 1.21 bits per heavy atom. The Kier molecular flexibility index (Phi) is 3.98. The number of hydrogen-bond acceptors (Lipinski definition) is 5. The molecule has 5 atom stereocenters. The topological polar surface area (TPSA) is 74.2 Å². The first-order chi connectivity index (χ1) is 11.6. The first-order valence-corrected chi connectivity index (χ1v) is 9.21. The summed E-state index contributed by atoms with van der Waals surface area (Å²) in [5.74, 6) is 1.60. The van der Waals surface area contributed by atoms with Gasteiger partial charge in [-0.25, -0.2) is 9.79 Å². The van der Waals surface area contributed by atoms with Crippen molar-refractivity contribution in [2.24, 2.45) is 16.8 Å². The second-order valence-electron chi connectivity index (χ2n) is 7.33. The molecule has 4 rings (SSSR count). The number of carbonyl (C=O) groups excluding carboxylic acids is 2. The fourth-order valence-electron chi connectivity index (χ4n) is 4.53. The Morgan fingerprint density at radius 2 is 2.00 bits per heavy atom. The van der Waals surface area contributed by atoms with Gasteiger partial charge in [-0.05, 0) is 31.6 Å². The van der Waals surface area contributed by atoms with Crippen molar-refractivity contribution in [1.82, 2.24) is 15.1 Å². The Morgan fingerprint density at radius 3 is 2.62 bits per heavy atom. The molecule has 0 radical (unpaired) electrons. The number of fused-ring (bicyclic) bond motifs is 3. The summed E-state index contributed by atoms with van der Waals surface area (Å²) in [6, 6.07) is -0.629. The van der Waals surface area contributed by atoms with Gasteiger partial charge < -0.3 is 10.1 Å². The number of imide groups is 1. The summed E-state index contributed by atoms with van der Waals surface area (Å²) < 4.78 is 5.82. The molecule has 7 heteroatoms. The first-order valence-electron chi connectivity index (χ1n) is 9.21. The minimum atomic E-state index is -0.435. The predicted molar refractivity (Wildman–Crippen MR) is 88.5 cm³/mol. The molecule has 7 nitrogen and oxygen atoms in total. The van der Waals surface area contributed by atoms with Crippen LogP contribution in [0.25, 0.3) is 0 Å². The van der Waals surface area contributed by atoms with Gasteiger partial charge in [0.05, 0.1) is 6.10 Å². The Bertz CT molecular complexity index is 578. The van der Waals surface area contributed by atoms with Crippen molar-refractivity contribution in [3.8, 4) is 0 Å². The van der Waals surface area contributed by atoms with Gasteiger partial charge in [-0.15, -0.1) is 0 Å². The monoisotopic (exact) mass is 334 g/mol. The molecule has 0 aromatic carbocycles. The summed E-state index contributed by atoms with van der Waals surface area (Å²) in [6.45, 7) is 5.96. The minimum Gasteiger partial charge on any atom is -0.377 e. The standard InChI is InChI=1S/C17H26N4O3/c1-3-5-20-15-13(16(22)21(6-4-2)17(20)23)18-14(19-15)11-7-10-8-12(11)24-9-10/h10-13,15H,3-9H2,1-2H3,(H,18,19). The van der Waals surface area contributed by atoms with Crippen LogP contribution in [0, 0.1) is 11.8 Å². The highest BCUT2D eigenvalue weighted by Gasteiger charge is 2.52. The summed E-state index contributed by atoms with van der Waals surface area (Å²) >= 11 is 0. The van der Waals surface area contributed by atoms with Gasteiger partial charge in [0.25, 0.3) is 5.91 Å². The third-order valence-corrected chi connectivity index (χ3v) is 5.61. The van der Waals surface area contributed by atoms with E-state index in [1.54, 1.807) is 4.90 Å². The molecule has 3 amide bonds. The second-order valence-corrected chi connectivity index (χ2v) is 7.33. The molecule has 2 bridgehead atoms. The van der Waals surface area contributed by atoms with Crippen LogP contribution < -0.4 is 5.32 Å². The van der Waals surface area contributed by atoms with Gasteiger partial charge in [0.1, 0.15) is 11.9 Å². The maximum Gasteiger partial charge on any atom is 0.328 e. The predicted octanol–water partition coefficient (Wildman–Crippen LogP) is 1.19. The molecule has 24 heavy (non-hydrogen) atoms. The van der Waals surface area contributed by atoms with Crippen molar-refractivity contribution in [3.63, 3.8) is 0 Å². The van der Waals surface area contributed by atoms with E-state index in [4.69, 9.17) is 9.73 Å². The minimum absolute atomic E-state index is 0.137. The Labute approximate surface area is 142 Å². The van der Waals surface area contributed by atoms with Crippen molar-refractivity contribution in [3.05, 3.63) is 0 Å². The molecule has 3 aliphatic heterocycles. The van der Waals surface area contributed by atoms with Crippen LogP contribution in [0.15, 0.2) is 4.99 Å². The molecule has 1 saturated carbocycles. The van der Waals surface area contributed by atoms with Crippen LogP contribution in [0.3, 0.4) is 0 Å². The molecular formula is C17H26N4O3. The highest BCUT2D eigenvalue weighted by molar-refractivity contribution is 6.04. The number of rotatable bonds is 5. The lowest BCUT2D eigenvalue weighted by atomic mass is 10.0. The lowest BCUT2D eigenvalue weighted by molar-refractivity contribution is -0.134. The number of aliphatic imine (C=N–C) groups is 1. The van der Waals surface area contributed by atoms with E-state index in [2.05, 4.69) is 5.32 Å². The number of amides is 3. The van der Waals surface area contributed by atoms with E-state index in [9.17, 15) is 9.59 Å². The number of hydrogen-bond donors (Lipinski definition) is 1. The van der Waals surface area contributed by atoms with E-state index in [0.29, 0.717) is 19.0 Å². The van der Waals surface area contributed by atoms with Gasteiger partial charge in [-0.3, -0.25) is 14.6 Å². The Balaban J connectivity index is 1.59. The van der Waals surface area contributed by atoms with E-state index in [1.807, 2.05) is 13.8 Å². The van der Waals surface area contributed by atoms with E-state index in [-0.39, 0.29) is 24.0 Å². The summed E-state index contributed by atoms with van der Waals surface area (Å²) in [5.41, 5.74) is 0. The van der Waals surface area contributed by atoms with E-state index in [1.165, 1.54) is 4.90 Å². The summed E-state index contributed by atoms with van der Waals surface area (Å²) in [5, 5.41) is 3.35. The van der Waals surface area contributed by atoms with Gasteiger partial charge in [-0.1, -0.05) is 13.8 Å². The third kappa shape index (κ3) is 2.32. The first kappa shape index (κ1) is 15.9. The van der Waals surface area contributed by atoms with Crippen LogP contribution in [0.4, 0.5) is 4.79 Å². The van der Waals surface area contributed by atoms with Gasteiger partial charge >= 0.3 is 6.03 Å². The van der Waals surface area contributed by atoms with E-state index >= 15 is 0 Å². The molecule has 2 saturated heterocycles. The molecule has 3 heterocycles. The average molecular weight is 334 g/mol. The molecule has 0 aromatic heterocycles. The fraction of sp³-hybridized carbons (Fsp3) is 0.824. The summed E-state index contributed by atoms with van der Waals surface area (Å²) in [6.07, 6.45) is 3.61. The van der Waals surface area contributed by atoms with Gasteiger partial charge in [0, 0.05) is 25.6 Å². The van der Waals surface area contributed by atoms with Crippen molar-refractivity contribution in [2.75, 3.05) is 19.7 Å². The maximum absolute atomic E-state index is 12.8. The fourth-order valence-corrected chi connectivity index (χ4v) is 4.53. The smallest absolute Gasteiger partial charge is 0.328 e. The molecule has 0 aromatic rings. The lowest BCUT2D eigenvalue weighted by Crippen LogP contribution is -2.65. The van der Waals surface area contributed by atoms with Crippen molar-refractivity contribution >= 4 is 17.8 Å². The molecule has 0 spiro atoms. The van der Waals surface area contributed by atoms with Crippen LogP contribution in [0.5, 0.6) is 0 Å². The summed E-state index contributed by atoms with van der Waals surface area (Å²) in [7, 11) is 0. The number of nitrogens with zero attached hydrogens (tertiary/aromatic N) is 3. The van der Waals surface area contributed by atoms with Crippen LogP contribution in [-0.4, -0.2) is 65.6 Å². The molecule has 132 valence electrons. The SMILES string of the molecule is CCCN1C(=O)C2NC(C3CC4COC3C4)=NC2N(CCC)C1=O. The zero-order chi connectivity index (χ0) is 16.8. The number of amidine groups is 1. The third-order valence-electron chi connectivity index (χ3n) is 5.61. The number of ether oxygens (including phenoxy) is 1. The zero-order valence-corrected chi connectivity index (χ0v) is 14.4. The van der Waals surface area contributed by atoms with Crippen molar-refractivity contribution in [2.45, 2.75) is 57.8 Å². The lowest BCUT2D eigenvalue weighted by Gasteiger charge is -2.40. The average Bonchev–Trinajstić information content (AvgIpc) is 3.29. The van der Waals surface area contributed by atoms with Gasteiger partial charge in [0.2, 0.25) is 0 Å². The Hall–Kier alpha value is -1.63. The van der Waals surface area contributed by atoms with E-state index < -0.39 is 12.2 Å². The number of carbonyl (C=O) groups is 2. The van der Waals surface area contributed by atoms with Crippen LogP contribution in [-0.2, 0) is 9.53 Å². The quantitative estimate of drug-likeness (QED) is 0.820. The van der Waals surface area contributed by atoms with Crippen molar-refractivity contribution in [1.29, 1.82) is 0 Å². The maximum atomic E-state index is 12.8. The largest absolute Gasteiger partial charge is 0.377 e. The van der Waals surface area contributed by atoms with Crippen LogP contribution >= 0.6 is 0 Å². The molecular weight excluding hydrogens is 308 g/mol. The van der Waals surface area contributed by atoms with Gasteiger partial charge in [0.15, 0.2) is 6.17 Å². The highest BCUT2D eigenvalue weighted by Crippen LogP contribution is 2.41. The van der Waals surface area contributed by atoms with Crippen molar-refractivity contribution < 1.29 is 14.3 Å². The molecule has 1 aliphatic carbocycles. The second kappa shape index (κ2) is 6.02. The molecule has 1 N–H and O–H groups in total.